The number of hydrogen-bond acceptors (Lipinski definition) is 3. The minimum atomic E-state index is -0.108. The van der Waals surface area contributed by atoms with Crippen molar-refractivity contribution >= 4 is 5.91 Å². The van der Waals surface area contributed by atoms with Crippen LogP contribution in [0.1, 0.15) is 20.3 Å². The number of carbonyl (C=O) groups excluding carboxylic acids is 1. The van der Waals surface area contributed by atoms with Gasteiger partial charge in [0, 0.05) is 32.7 Å². The van der Waals surface area contributed by atoms with E-state index in [4.69, 9.17) is 5.73 Å². The molecule has 1 fully saturated rings. The molecule has 0 spiro atoms. The highest BCUT2D eigenvalue weighted by Gasteiger charge is 2.33. The molecule has 4 nitrogen and oxygen atoms in total. The van der Waals surface area contributed by atoms with Gasteiger partial charge in [-0.05, 0) is 13.3 Å². The van der Waals surface area contributed by atoms with E-state index in [0.717, 1.165) is 19.5 Å². The van der Waals surface area contributed by atoms with Crippen LogP contribution >= 0.6 is 0 Å². The van der Waals surface area contributed by atoms with Crippen molar-refractivity contribution in [2.24, 2.45) is 5.73 Å². The first-order valence-corrected chi connectivity index (χ1v) is 5.32. The van der Waals surface area contributed by atoms with E-state index in [2.05, 4.69) is 18.7 Å². The second-order valence-corrected chi connectivity index (χ2v) is 4.01. The molecular weight excluding hydrogens is 178 g/mol. The summed E-state index contributed by atoms with van der Waals surface area (Å²) in [4.78, 5) is 15.8. The summed E-state index contributed by atoms with van der Waals surface area (Å²) < 4.78 is 0. The van der Waals surface area contributed by atoms with Gasteiger partial charge in [0.15, 0.2) is 0 Å². The van der Waals surface area contributed by atoms with Crippen LogP contribution in [0.5, 0.6) is 0 Å². The summed E-state index contributed by atoms with van der Waals surface area (Å²) in [6.07, 6.45) is 1.06. The van der Waals surface area contributed by atoms with Gasteiger partial charge in [-0.15, -0.1) is 0 Å². The van der Waals surface area contributed by atoms with Crippen molar-refractivity contribution in [3.05, 3.63) is 0 Å². The molecule has 0 aromatic heterocycles. The molecule has 0 aromatic rings. The average Bonchev–Trinajstić information content (AvgIpc) is 2.20. The van der Waals surface area contributed by atoms with Crippen LogP contribution in [0.3, 0.4) is 0 Å². The maximum absolute atomic E-state index is 11.8. The van der Waals surface area contributed by atoms with Gasteiger partial charge in [0.1, 0.15) is 6.04 Å². The number of rotatable bonds is 3. The van der Waals surface area contributed by atoms with E-state index >= 15 is 0 Å². The molecule has 0 radical (unpaired) electrons. The first kappa shape index (κ1) is 11.5. The number of piperazine rings is 1. The fourth-order valence-electron chi connectivity index (χ4n) is 1.93. The van der Waals surface area contributed by atoms with Crippen LogP contribution < -0.4 is 5.73 Å². The molecule has 1 aliphatic heterocycles. The zero-order valence-corrected chi connectivity index (χ0v) is 9.36. The minimum Gasteiger partial charge on any atom is -0.343 e. The molecule has 2 N–H and O–H groups in total. The Morgan fingerprint density at radius 1 is 1.57 bits per heavy atom. The van der Waals surface area contributed by atoms with Crippen molar-refractivity contribution < 1.29 is 4.79 Å². The largest absolute Gasteiger partial charge is 0.343 e. The summed E-state index contributed by atoms with van der Waals surface area (Å²) in [6, 6.07) is 0.338. The molecule has 1 amide bonds. The van der Waals surface area contributed by atoms with Crippen molar-refractivity contribution in [1.82, 2.24) is 9.80 Å². The Morgan fingerprint density at radius 3 is 2.71 bits per heavy atom. The number of hydrogen-bond donors (Lipinski definition) is 1. The predicted octanol–water partition coefficient (Wildman–Crippen LogP) is -0.114. The molecule has 82 valence electrons. The SMILES string of the molecule is CCC(C)N1CCN(C)C(=O)C1CN. The first-order valence-electron chi connectivity index (χ1n) is 5.32. The summed E-state index contributed by atoms with van der Waals surface area (Å²) in [7, 11) is 1.85. The fourth-order valence-corrected chi connectivity index (χ4v) is 1.93. The highest BCUT2D eigenvalue weighted by molar-refractivity contribution is 5.82. The van der Waals surface area contributed by atoms with Crippen LogP contribution in [0, 0.1) is 0 Å². The van der Waals surface area contributed by atoms with Gasteiger partial charge in [0.2, 0.25) is 5.91 Å². The maximum atomic E-state index is 11.8. The van der Waals surface area contributed by atoms with Gasteiger partial charge < -0.3 is 10.6 Å². The van der Waals surface area contributed by atoms with Crippen LogP contribution in [-0.4, -0.2) is 54.5 Å². The summed E-state index contributed by atoms with van der Waals surface area (Å²) in [5, 5.41) is 0. The number of amides is 1. The van der Waals surface area contributed by atoms with Gasteiger partial charge >= 0.3 is 0 Å². The van der Waals surface area contributed by atoms with Gasteiger partial charge in [-0.2, -0.15) is 0 Å². The summed E-state index contributed by atoms with van der Waals surface area (Å²) >= 11 is 0. The molecule has 1 aliphatic rings. The Hall–Kier alpha value is -0.610. The second-order valence-electron chi connectivity index (χ2n) is 4.01. The third-order valence-electron chi connectivity index (χ3n) is 3.14. The molecule has 1 heterocycles. The lowest BCUT2D eigenvalue weighted by molar-refractivity contribution is -0.141. The monoisotopic (exact) mass is 199 g/mol. The normalized spacial score (nSPS) is 26.7. The molecule has 0 bridgehead atoms. The third-order valence-corrected chi connectivity index (χ3v) is 3.14. The molecule has 1 rings (SSSR count). The zero-order valence-electron chi connectivity index (χ0n) is 9.36. The van der Waals surface area contributed by atoms with Crippen molar-refractivity contribution in [3.63, 3.8) is 0 Å². The topological polar surface area (TPSA) is 49.6 Å². The van der Waals surface area contributed by atoms with E-state index in [1.165, 1.54) is 0 Å². The molecule has 1 saturated heterocycles. The van der Waals surface area contributed by atoms with Gasteiger partial charge in [-0.3, -0.25) is 9.69 Å². The molecule has 0 aromatic carbocycles. The first-order chi connectivity index (χ1) is 6.61. The molecule has 2 unspecified atom stereocenters. The van der Waals surface area contributed by atoms with E-state index in [1.807, 2.05) is 7.05 Å². The van der Waals surface area contributed by atoms with Crippen molar-refractivity contribution in [2.75, 3.05) is 26.7 Å². The summed E-state index contributed by atoms with van der Waals surface area (Å²) in [5.74, 6) is 0.166. The zero-order chi connectivity index (χ0) is 10.7. The number of carbonyl (C=O) groups is 1. The third kappa shape index (κ3) is 2.07. The van der Waals surface area contributed by atoms with Crippen LogP contribution in [0.15, 0.2) is 0 Å². The van der Waals surface area contributed by atoms with Crippen LogP contribution in [0.25, 0.3) is 0 Å². The molecule has 0 saturated carbocycles. The quantitative estimate of drug-likeness (QED) is 0.690. The lowest BCUT2D eigenvalue weighted by Gasteiger charge is -2.41. The Kier molecular flexibility index (Phi) is 3.89. The Morgan fingerprint density at radius 2 is 2.21 bits per heavy atom. The van der Waals surface area contributed by atoms with E-state index < -0.39 is 0 Å². The molecular formula is C10H21N3O. The number of nitrogens with two attached hydrogens (primary N) is 1. The van der Waals surface area contributed by atoms with E-state index in [1.54, 1.807) is 4.90 Å². The van der Waals surface area contributed by atoms with Crippen molar-refractivity contribution in [3.8, 4) is 0 Å². The van der Waals surface area contributed by atoms with E-state index in [9.17, 15) is 4.79 Å². The van der Waals surface area contributed by atoms with Gasteiger partial charge in [0.05, 0.1) is 0 Å². The average molecular weight is 199 g/mol. The summed E-state index contributed by atoms with van der Waals surface area (Å²) in [6.45, 7) is 6.48. The fraction of sp³-hybridized carbons (Fsp3) is 0.900. The molecule has 4 heteroatoms. The van der Waals surface area contributed by atoms with E-state index in [-0.39, 0.29) is 11.9 Å². The van der Waals surface area contributed by atoms with Crippen LogP contribution in [0.2, 0.25) is 0 Å². The molecule has 14 heavy (non-hydrogen) atoms. The van der Waals surface area contributed by atoms with Crippen molar-refractivity contribution in [1.29, 1.82) is 0 Å². The van der Waals surface area contributed by atoms with E-state index in [0.29, 0.717) is 12.6 Å². The summed E-state index contributed by atoms with van der Waals surface area (Å²) in [5.41, 5.74) is 5.65. The number of likely N-dealkylation sites (N-methyl/N-ethyl adjacent to an activating group) is 1. The highest BCUT2D eigenvalue weighted by atomic mass is 16.2. The second kappa shape index (κ2) is 4.75. The minimum absolute atomic E-state index is 0.108. The van der Waals surface area contributed by atoms with Crippen molar-refractivity contribution in [2.45, 2.75) is 32.4 Å². The van der Waals surface area contributed by atoms with Gasteiger partial charge in [0.25, 0.3) is 0 Å². The van der Waals surface area contributed by atoms with Gasteiger partial charge in [-0.1, -0.05) is 6.92 Å². The smallest absolute Gasteiger partial charge is 0.241 e. The molecule has 0 aliphatic carbocycles. The number of nitrogens with zero attached hydrogens (tertiary/aromatic N) is 2. The Labute approximate surface area is 86.0 Å². The highest BCUT2D eigenvalue weighted by Crippen LogP contribution is 2.14. The predicted molar refractivity (Wildman–Crippen MR) is 56.9 cm³/mol. The standard InChI is InChI=1S/C10H21N3O/c1-4-8(2)13-6-5-12(3)10(14)9(13)7-11/h8-9H,4-7,11H2,1-3H3. The lowest BCUT2D eigenvalue weighted by atomic mass is 10.1. The van der Waals surface area contributed by atoms with Crippen LogP contribution in [0.4, 0.5) is 0 Å². The Bertz CT molecular complexity index is 208. The van der Waals surface area contributed by atoms with Crippen LogP contribution in [-0.2, 0) is 4.79 Å². The maximum Gasteiger partial charge on any atom is 0.241 e. The Balaban J connectivity index is 2.71. The molecule has 2 atom stereocenters. The lowest BCUT2D eigenvalue weighted by Crippen LogP contribution is -2.60. The van der Waals surface area contributed by atoms with Gasteiger partial charge in [-0.25, -0.2) is 0 Å².